The molecule has 118 valence electrons. The highest BCUT2D eigenvalue weighted by Gasteiger charge is 2.08. The lowest BCUT2D eigenvalue weighted by Gasteiger charge is -2.13. The normalized spacial score (nSPS) is 11.0. The van der Waals surface area contributed by atoms with Crippen LogP contribution in [0.1, 0.15) is 45.6 Å². The number of benzene rings is 1. The van der Waals surface area contributed by atoms with Crippen LogP contribution >= 0.6 is 0 Å². The van der Waals surface area contributed by atoms with E-state index >= 15 is 0 Å². The molecule has 2 aromatic rings. The van der Waals surface area contributed by atoms with Crippen molar-refractivity contribution in [3.05, 3.63) is 36.0 Å². The molecule has 0 saturated heterocycles. The van der Waals surface area contributed by atoms with E-state index in [-0.39, 0.29) is 0 Å². The Bertz CT molecular complexity index is 595. The molecule has 0 fully saturated rings. The Hall–Kier alpha value is -2.17. The van der Waals surface area contributed by atoms with Crippen LogP contribution in [-0.4, -0.2) is 21.7 Å². The van der Waals surface area contributed by atoms with Crippen LogP contribution in [0.5, 0.6) is 0 Å². The summed E-state index contributed by atoms with van der Waals surface area (Å²) in [5.74, 6) is 2.37. The van der Waals surface area contributed by atoms with Gasteiger partial charge in [0.1, 0.15) is 0 Å². The zero-order valence-corrected chi connectivity index (χ0v) is 13.8. The molecule has 1 aromatic heterocycles. The molecule has 0 spiro atoms. The summed E-state index contributed by atoms with van der Waals surface area (Å²) in [6.45, 7) is 9.64. The first kappa shape index (κ1) is 16.2. The molecule has 0 radical (unpaired) electrons. The Kier molecular flexibility index (Phi) is 5.69. The van der Waals surface area contributed by atoms with Gasteiger partial charge in [-0.15, -0.1) is 5.10 Å². The van der Waals surface area contributed by atoms with Crippen molar-refractivity contribution in [3.8, 4) is 0 Å². The Balaban J connectivity index is 2.07. The minimum absolute atomic E-state index is 0.434. The van der Waals surface area contributed by atoms with Crippen LogP contribution in [0.3, 0.4) is 0 Å². The second-order valence-corrected chi connectivity index (χ2v) is 6.14. The number of hydrogen-bond acceptors (Lipinski definition) is 5. The Morgan fingerprint density at radius 1 is 1.09 bits per heavy atom. The number of nitrogens with one attached hydrogen (secondary N) is 2. The smallest absolute Gasteiger partial charge is 0.249 e. The monoisotopic (exact) mass is 299 g/mol. The lowest BCUT2D eigenvalue weighted by Crippen LogP contribution is -2.09. The van der Waals surface area contributed by atoms with Gasteiger partial charge in [0.2, 0.25) is 5.95 Å². The highest BCUT2D eigenvalue weighted by atomic mass is 15.3. The van der Waals surface area contributed by atoms with E-state index in [2.05, 4.69) is 59.6 Å². The summed E-state index contributed by atoms with van der Waals surface area (Å²) in [5.41, 5.74) is 2.27. The molecule has 1 heterocycles. The third kappa shape index (κ3) is 4.69. The van der Waals surface area contributed by atoms with Crippen molar-refractivity contribution >= 4 is 17.5 Å². The van der Waals surface area contributed by atoms with Gasteiger partial charge in [-0.1, -0.05) is 45.9 Å². The van der Waals surface area contributed by atoms with Crippen LogP contribution in [-0.2, 0) is 0 Å². The zero-order valence-electron chi connectivity index (χ0n) is 13.8. The summed E-state index contributed by atoms with van der Waals surface area (Å²) >= 11 is 0. The van der Waals surface area contributed by atoms with Crippen LogP contribution in [0.2, 0.25) is 0 Å². The van der Waals surface area contributed by atoms with Gasteiger partial charge in [-0.2, -0.15) is 10.1 Å². The van der Waals surface area contributed by atoms with Gasteiger partial charge in [0.25, 0.3) is 0 Å². The summed E-state index contributed by atoms with van der Waals surface area (Å²) < 4.78 is 0. The standard InChI is InChI=1S/C17H25N5/c1-12(2)9-10-18-16-11-19-22-17(21-16)20-15-8-6-5-7-14(15)13(3)4/h5-8,11-13H,9-10H2,1-4H3,(H2,18,20,21,22). The van der Waals surface area contributed by atoms with Gasteiger partial charge in [0, 0.05) is 12.2 Å². The van der Waals surface area contributed by atoms with E-state index in [0.29, 0.717) is 17.8 Å². The largest absolute Gasteiger partial charge is 0.369 e. The van der Waals surface area contributed by atoms with Gasteiger partial charge in [0.15, 0.2) is 5.82 Å². The van der Waals surface area contributed by atoms with Gasteiger partial charge in [0.05, 0.1) is 6.20 Å². The number of hydrogen-bond donors (Lipinski definition) is 2. The maximum absolute atomic E-state index is 4.47. The molecule has 2 rings (SSSR count). The number of nitrogens with zero attached hydrogens (tertiary/aromatic N) is 3. The predicted octanol–water partition coefficient (Wildman–Crippen LogP) is 4.20. The minimum Gasteiger partial charge on any atom is -0.369 e. The molecule has 0 aliphatic rings. The van der Waals surface area contributed by atoms with Gasteiger partial charge in [-0.3, -0.25) is 0 Å². The molecule has 0 amide bonds. The predicted molar refractivity (Wildman–Crippen MR) is 91.6 cm³/mol. The second kappa shape index (κ2) is 7.73. The summed E-state index contributed by atoms with van der Waals surface area (Å²) in [6.07, 6.45) is 2.75. The molecule has 5 heteroatoms. The highest BCUT2D eigenvalue weighted by Crippen LogP contribution is 2.25. The Labute approximate surface area is 132 Å². The average molecular weight is 299 g/mol. The van der Waals surface area contributed by atoms with E-state index in [0.717, 1.165) is 24.5 Å². The fourth-order valence-electron chi connectivity index (χ4n) is 2.17. The number of anilines is 3. The van der Waals surface area contributed by atoms with Crippen molar-refractivity contribution in [2.24, 2.45) is 5.92 Å². The van der Waals surface area contributed by atoms with Crippen LogP contribution in [0, 0.1) is 5.92 Å². The van der Waals surface area contributed by atoms with Crippen molar-refractivity contribution in [2.75, 3.05) is 17.2 Å². The first-order valence-electron chi connectivity index (χ1n) is 7.85. The molecular formula is C17H25N5. The first-order valence-corrected chi connectivity index (χ1v) is 7.85. The van der Waals surface area contributed by atoms with Gasteiger partial charge in [-0.25, -0.2) is 0 Å². The molecule has 0 bridgehead atoms. The fraction of sp³-hybridized carbons (Fsp3) is 0.471. The van der Waals surface area contributed by atoms with Gasteiger partial charge < -0.3 is 10.6 Å². The van der Waals surface area contributed by atoms with Crippen molar-refractivity contribution < 1.29 is 0 Å². The minimum atomic E-state index is 0.434. The molecule has 0 saturated carbocycles. The van der Waals surface area contributed by atoms with Crippen molar-refractivity contribution in [1.82, 2.24) is 15.2 Å². The number of aromatic nitrogens is 3. The van der Waals surface area contributed by atoms with Crippen LogP contribution in [0.25, 0.3) is 0 Å². The summed E-state index contributed by atoms with van der Waals surface area (Å²) in [7, 11) is 0. The summed E-state index contributed by atoms with van der Waals surface area (Å²) in [4.78, 5) is 4.47. The molecule has 5 nitrogen and oxygen atoms in total. The van der Waals surface area contributed by atoms with E-state index in [1.165, 1.54) is 5.56 Å². The third-order valence-corrected chi connectivity index (χ3v) is 3.42. The van der Waals surface area contributed by atoms with Crippen molar-refractivity contribution in [2.45, 2.75) is 40.0 Å². The first-order chi connectivity index (χ1) is 10.6. The van der Waals surface area contributed by atoms with Crippen molar-refractivity contribution in [1.29, 1.82) is 0 Å². The van der Waals surface area contributed by atoms with Crippen LogP contribution in [0.4, 0.5) is 17.5 Å². The second-order valence-electron chi connectivity index (χ2n) is 6.14. The fourth-order valence-corrected chi connectivity index (χ4v) is 2.17. The van der Waals surface area contributed by atoms with Crippen LogP contribution < -0.4 is 10.6 Å². The lowest BCUT2D eigenvalue weighted by atomic mass is 10.0. The Morgan fingerprint density at radius 3 is 2.59 bits per heavy atom. The zero-order chi connectivity index (χ0) is 15.9. The molecule has 2 N–H and O–H groups in total. The van der Waals surface area contributed by atoms with Crippen LogP contribution in [0.15, 0.2) is 30.5 Å². The SMILES string of the molecule is CC(C)CCNc1cnnc(Nc2ccccc2C(C)C)n1. The average Bonchev–Trinajstić information content (AvgIpc) is 2.47. The quantitative estimate of drug-likeness (QED) is 0.802. The maximum atomic E-state index is 4.47. The van der Waals surface area contributed by atoms with E-state index < -0.39 is 0 Å². The van der Waals surface area contributed by atoms with E-state index in [1.807, 2.05) is 18.2 Å². The molecule has 1 aromatic carbocycles. The van der Waals surface area contributed by atoms with E-state index in [4.69, 9.17) is 0 Å². The van der Waals surface area contributed by atoms with Crippen molar-refractivity contribution in [3.63, 3.8) is 0 Å². The molecule has 22 heavy (non-hydrogen) atoms. The summed E-state index contributed by atoms with van der Waals surface area (Å²) in [6, 6.07) is 8.21. The third-order valence-electron chi connectivity index (χ3n) is 3.42. The molecule has 0 unspecified atom stereocenters. The van der Waals surface area contributed by atoms with E-state index in [9.17, 15) is 0 Å². The van der Waals surface area contributed by atoms with E-state index in [1.54, 1.807) is 6.20 Å². The molecule has 0 aliphatic carbocycles. The number of para-hydroxylation sites is 1. The van der Waals surface area contributed by atoms with Gasteiger partial charge in [-0.05, 0) is 29.9 Å². The lowest BCUT2D eigenvalue weighted by molar-refractivity contribution is 0.606. The topological polar surface area (TPSA) is 62.7 Å². The number of rotatable bonds is 7. The Morgan fingerprint density at radius 2 is 1.86 bits per heavy atom. The molecule has 0 atom stereocenters. The summed E-state index contributed by atoms with van der Waals surface area (Å²) in [5, 5.41) is 14.6. The highest BCUT2D eigenvalue weighted by molar-refractivity contribution is 5.59. The molecular weight excluding hydrogens is 274 g/mol. The maximum Gasteiger partial charge on any atom is 0.249 e. The van der Waals surface area contributed by atoms with Gasteiger partial charge >= 0.3 is 0 Å². The molecule has 0 aliphatic heterocycles.